The van der Waals surface area contributed by atoms with Crippen molar-refractivity contribution < 1.29 is 9.26 Å². The van der Waals surface area contributed by atoms with E-state index in [2.05, 4.69) is 11.2 Å². The van der Waals surface area contributed by atoms with Gasteiger partial charge in [-0.25, -0.2) is 0 Å². The molecule has 0 atom stereocenters. The van der Waals surface area contributed by atoms with Crippen LogP contribution >= 0.6 is 0 Å². The zero-order chi connectivity index (χ0) is 13.1. The number of hydrogen-bond acceptors (Lipinski definition) is 4. The van der Waals surface area contributed by atoms with E-state index in [9.17, 15) is 0 Å². The highest BCUT2D eigenvalue weighted by Gasteiger charge is 2.11. The van der Waals surface area contributed by atoms with E-state index in [0.717, 1.165) is 33.9 Å². The summed E-state index contributed by atoms with van der Waals surface area (Å²) in [5, 5.41) is 3.91. The first-order chi connectivity index (χ1) is 8.65. The normalized spacial score (nSPS) is 10.7. The second-order valence-electron chi connectivity index (χ2n) is 4.25. The number of nitrogens with zero attached hydrogens (tertiary/aromatic N) is 1. The van der Waals surface area contributed by atoms with Crippen molar-refractivity contribution in [2.75, 3.05) is 6.61 Å². The van der Waals surface area contributed by atoms with E-state index < -0.39 is 0 Å². The summed E-state index contributed by atoms with van der Waals surface area (Å²) in [4.78, 5) is 0. The third kappa shape index (κ3) is 2.38. The van der Waals surface area contributed by atoms with Gasteiger partial charge in [0.25, 0.3) is 0 Å². The first-order valence-corrected chi connectivity index (χ1v) is 6.05. The second kappa shape index (κ2) is 5.23. The molecular weight excluding hydrogens is 228 g/mol. The van der Waals surface area contributed by atoms with Crippen molar-refractivity contribution in [1.29, 1.82) is 0 Å². The van der Waals surface area contributed by atoms with Gasteiger partial charge in [0.15, 0.2) is 5.76 Å². The summed E-state index contributed by atoms with van der Waals surface area (Å²) in [6.45, 7) is 7.08. The van der Waals surface area contributed by atoms with Gasteiger partial charge in [-0.2, -0.15) is 0 Å². The van der Waals surface area contributed by atoms with Gasteiger partial charge >= 0.3 is 0 Å². The fraction of sp³-hybridized carbons (Fsp3) is 0.357. The molecule has 0 saturated carbocycles. The Labute approximate surface area is 107 Å². The van der Waals surface area contributed by atoms with Gasteiger partial charge in [-0.05, 0) is 44.0 Å². The lowest BCUT2D eigenvalue weighted by atomic mass is 10.0. The molecule has 0 saturated heterocycles. The predicted molar refractivity (Wildman–Crippen MR) is 70.5 cm³/mol. The van der Waals surface area contributed by atoms with E-state index in [1.165, 1.54) is 0 Å². The molecule has 1 heterocycles. The molecule has 1 aromatic heterocycles. The SMILES string of the molecule is CCOc1cc(C)c(-c2cc(CN)no2)cc1C. The summed E-state index contributed by atoms with van der Waals surface area (Å²) in [5.41, 5.74) is 9.51. The molecular formula is C14H18N2O2. The molecule has 0 radical (unpaired) electrons. The highest BCUT2D eigenvalue weighted by molar-refractivity contribution is 5.65. The van der Waals surface area contributed by atoms with Crippen molar-refractivity contribution in [3.05, 3.63) is 35.0 Å². The Kier molecular flexibility index (Phi) is 3.67. The molecule has 0 unspecified atom stereocenters. The molecule has 1 aromatic carbocycles. The highest BCUT2D eigenvalue weighted by atomic mass is 16.5. The topological polar surface area (TPSA) is 61.3 Å². The van der Waals surface area contributed by atoms with Gasteiger partial charge < -0.3 is 15.0 Å². The number of benzene rings is 1. The van der Waals surface area contributed by atoms with E-state index in [1.54, 1.807) is 0 Å². The quantitative estimate of drug-likeness (QED) is 0.901. The van der Waals surface area contributed by atoms with E-state index in [4.69, 9.17) is 15.0 Å². The first kappa shape index (κ1) is 12.6. The molecule has 0 fully saturated rings. The maximum atomic E-state index is 5.57. The van der Waals surface area contributed by atoms with E-state index in [1.807, 2.05) is 32.9 Å². The number of hydrogen-bond donors (Lipinski definition) is 1. The van der Waals surface area contributed by atoms with Gasteiger partial charge in [-0.1, -0.05) is 5.16 Å². The molecule has 0 aliphatic heterocycles. The molecule has 0 spiro atoms. The van der Waals surface area contributed by atoms with Crippen molar-refractivity contribution >= 4 is 0 Å². The van der Waals surface area contributed by atoms with Crippen LogP contribution in [0.4, 0.5) is 0 Å². The standard InChI is InChI=1S/C14H18N2O2/c1-4-17-13-6-9(2)12(5-10(13)3)14-7-11(8-15)16-18-14/h5-7H,4,8,15H2,1-3H3. The van der Waals surface area contributed by atoms with Gasteiger partial charge in [0.1, 0.15) is 5.75 Å². The fourth-order valence-corrected chi connectivity index (χ4v) is 1.90. The number of nitrogens with two attached hydrogens (primary N) is 1. The van der Waals surface area contributed by atoms with Crippen LogP contribution in [0.5, 0.6) is 5.75 Å². The van der Waals surface area contributed by atoms with Crippen LogP contribution in [0.2, 0.25) is 0 Å². The van der Waals surface area contributed by atoms with Crippen LogP contribution in [-0.2, 0) is 6.54 Å². The number of ether oxygens (including phenoxy) is 1. The van der Waals surface area contributed by atoms with Crippen LogP contribution in [-0.4, -0.2) is 11.8 Å². The Bertz CT molecular complexity index is 547. The zero-order valence-electron chi connectivity index (χ0n) is 11.0. The molecule has 2 aromatic rings. The maximum absolute atomic E-state index is 5.57. The molecule has 0 bridgehead atoms. The summed E-state index contributed by atoms with van der Waals surface area (Å²) < 4.78 is 10.9. The first-order valence-electron chi connectivity index (χ1n) is 6.05. The fourth-order valence-electron chi connectivity index (χ4n) is 1.90. The summed E-state index contributed by atoms with van der Waals surface area (Å²) >= 11 is 0. The minimum Gasteiger partial charge on any atom is -0.494 e. The third-order valence-electron chi connectivity index (χ3n) is 2.86. The van der Waals surface area contributed by atoms with Gasteiger partial charge in [0, 0.05) is 18.2 Å². The lowest BCUT2D eigenvalue weighted by Crippen LogP contribution is -1.96. The Balaban J connectivity index is 2.42. The van der Waals surface area contributed by atoms with Crippen molar-refractivity contribution in [3.63, 3.8) is 0 Å². The van der Waals surface area contributed by atoms with Gasteiger partial charge in [0.2, 0.25) is 0 Å². The second-order valence-corrected chi connectivity index (χ2v) is 4.25. The third-order valence-corrected chi connectivity index (χ3v) is 2.86. The summed E-state index contributed by atoms with van der Waals surface area (Å²) in [6.07, 6.45) is 0. The molecule has 18 heavy (non-hydrogen) atoms. The van der Waals surface area contributed by atoms with Crippen LogP contribution in [0.15, 0.2) is 22.7 Å². The minimum atomic E-state index is 0.387. The Morgan fingerprint density at radius 3 is 2.61 bits per heavy atom. The number of rotatable bonds is 4. The monoisotopic (exact) mass is 246 g/mol. The predicted octanol–water partition coefficient (Wildman–Crippen LogP) is 2.82. The molecule has 2 N–H and O–H groups in total. The Morgan fingerprint density at radius 1 is 1.22 bits per heavy atom. The Hall–Kier alpha value is -1.81. The maximum Gasteiger partial charge on any atom is 0.167 e. The van der Waals surface area contributed by atoms with Crippen LogP contribution in [0.3, 0.4) is 0 Å². The van der Waals surface area contributed by atoms with E-state index in [-0.39, 0.29) is 0 Å². The molecule has 2 rings (SSSR count). The highest BCUT2D eigenvalue weighted by Crippen LogP contribution is 2.30. The minimum absolute atomic E-state index is 0.387. The van der Waals surface area contributed by atoms with Crippen LogP contribution in [0, 0.1) is 13.8 Å². The molecule has 0 aliphatic rings. The summed E-state index contributed by atoms with van der Waals surface area (Å²) in [7, 11) is 0. The lowest BCUT2D eigenvalue weighted by Gasteiger charge is -2.10. The van der Waals surface area contributed by atoms with Crippen LogP contribution < -0.4 is 10.5 Å². The van der Waals surface area contributed by atoms with Crippen molar-refractivity contribution in [2.24, 2.45) is 5.73 Å². The van der Waals surface area contributed by atoms with Crippen LogP contribution in [0.1, 0.15) is 23.7 Å². The summed E-state index contributed by atoms with van der Waals surface area (Å²) in [5.74, 6) is 1.66. The average Bonchev–Trinajstić information content (AvgIpc) is 2.82. The van der Waals surface area contributed by atoms with Crippen molar-refractivity contribution in [2.45, 2.75) is 27.3 Å². The average molecular weight is 246 g/mol. The molecule has 4 nitrogen and oxygen atoms in total. The Morgan fingerprint density at radius 2 is 2.00 bits per heavy atom. The van der Waals surface area contributed by atoms with E-state index in [0.29, 0.717) is 13.2 Å². The smallest absolute Gasteiger partial charge is 0.167 e. The largest absolute Gasteiger partial charge is 0.494 e. The molecule has 0 aliphatic carbocycles. The molecule has 4 heteroatoms. The molecule has 0 amide bonds. The van der Waals surface area contributed by atoms with Gasteiger partial charge in [-0.15, -0.1) is 0 Å². The van der Waals surface area contributed by atoms with Crippen molar-refractivity contribution in [1.82, 2.24) is 5.16 Å². The van der Waals surface area contributed by atoms with E-state index >= 15 is 0 Å². The number of aryl methyl sites for hydroxylation is 2. The van der Waals surface area contributed by atoms with Gasteiger partial charge in [-0.3, -0.25) is 0 Å². The molecule has 96 valence electrons. The van der Waals surface area contributed by atoms with Crippen LogP contribution in [0.25, 0.3) is 11.3 Å². The summed E-state index contributed by atoms with van der Waals surface area (Å²) in [6, 6.07) is 5.96. The number of aromatic nitrogens is 1. The van der Waals surface area contributed by atoms with Crippen molar-refractivity contribution in [3.8, 4) is 17.1 Å². The zero-order valence-corrected chi connectivity index (χ0v) is 11.0. The lowest BCUT2D eigenvalue weighted by molar-refractivity contribution is 0.337. The van der Waals surface area contributed by atoms with Gasteiger partial charge in [0.05, 0.1) is 12.3 Å².